The maximum Gasteiger partial charge on any atom is 0.470 e. The highest BCUT2D eigenvalue weighted by Crippen LogP contribution is 2.47. The lowest BCUT2D eigenvalue weighted by atomic mass is 9.99. The molecule has 0 spiro atoms. The Morgan fingerprint density at radius 3 is 1.72 bits per heavy atom. The SMILES string of the molecule is O=P(O)(O)O[C@@H]1[C@@H](O)[C@@H](O[C@H]2[C@@H](OP(=O)(O)O)CO[C@@H]2CO)O[C@H](CO)[C@H]1OP(=O)(O)O. The second-order valence-corrected chi connectivity index (χ2v) is 10.2. The van der Waals surface area contributed by atoms with Crippen molar-refractivity contribution in [1.29, 1.82) is 0 Å². The largest absolute Gasteiger partial charge is 0.470 e. The average molecular weight is 536 g/mol. The molecule has 0 aromatic rings. The van der Waals surface area contributed by atoms with Gasteiger partial charge in [0.15, 0.2) is 6.29 Å². The first-order valence-corrected chi connectivity index (χ1v) is 13.2. The highest BCUT2D eigenvalue weighted by Gasteiger charge is 2.54. The van der Waals surface area contributed by atoms with E-state index in [1.54, 1.807) is 0 Å². The molecule has 2 fully saturated rings. The Labute approximate surface area is 179 Å². The molecule has 2 rings (SSSR count). The molecule has 32 heavy (non-hydrogen) atoms. The van der Waals surface area contributed by atoms with Gasteiger partial charge in [-0.2, -0.15) is 0 Å². The summed E-state index contributed by atoms with van der Waals surface area (Å²) in [4.78, 5) is 54.3. The predicted molar refractivity (Wildman–Crippen MR) is 94.2 cm³/mol. The molecule has 0 aromatic heterocycles. The molecule has 0 saturated carbocycles. The van der Waals surface area contributed by atoms with Gasteiger partial charge in [0.05, 0.1) is 19.8 Å². The van der Waals surface area contributed by atoms with E-state index < -0.39 is 92.3 Å². The molecule has 0 aliphatic carbocycles. The first-order valence-electron chi connectivity index (χ1n) is 8.59. The average Bonchev–Trinajstić information content (AvgIpc) is 2.98. The molecule has 0 unspecified atom stereocenters. The molecule has 21 heteroatoms. The van der Waals surface area contributed by atoms with Gasteiger partial charge in [-0.15, -0.1) is 0 Å². The minimum Gasteiger partial charge on any atom is -0.394 e. The van der Waals surface area contributed by atoms with Crippen LogP contribution in [0.5, 0.6) is 0 Å². The number of aliphatic hydroxyl groups excluding tert-OH is 3. The fraction of sp³-hybridized carbons (Fsp3) is 1.00. The molecule has 2 heterocycles. The third-order valence-electron chi connectivity index (χ3n) is 4.26. The minimum atomic E-state index is -5.41. The molecular formula is C11H23O18P3. The summed E-state index contributed by atoms with van der Waals surface area (Å²) < 4.78 is 62.6. The summed E-state index contributed by atoms with van der Waals surface area (Å²) in [5, 5.41) is 29.4. The summed E-state index contributed by atoms with van der Waals surface area (Å²) in [5.74, 6) is 0. The van der Waals surface area contributed by atoms with E-state index in [1.165, 1.54) is 0 Å². The summed E-state index contributed by atoms with van der Waals surface area (Å²) in [6.07, 6.45) is -14.6. The number of hydrogen-bond acceptors (Lipinski definition) is 12. The standard InChI is InChI=1S/C11H23O18P3/c12-1-4-8(6(3-24-4)27-30(15,16)17)26-11-7(14)10(29-32(21,22)23)9(5(2-13)25-11)28-31(18,19)20/h4-14H,1-3H2,(H2,15,16,17)(H2,18,19,20)(H2,21,22,23)/t4-,5-,6+,7-,8-,9-,10-,11-/m1/s1. The first kappa shape index (κ1) is 28.3. The van der Waals surface area contributed by atoms with Crippen molar-refractivity contribution in [3.8, 4) is 0 Å². The number of aliphatic hydroxyl groups is 3. The molecule has 190 valence electrons. The van der Waals surface area contributed by atoms with Crippen LogP contribution in [0, 0.1) is 0 Å². The van der Waals surface area contributed by atoms with Crippen LogP contribution in [0.15, 0.2) is 0 Å². The van der Waals surface area contributed by atoms with E-state index >= 15 is 0 Å². The Hall–Kier alpha value is 0.0900. The lowest BCUT2D eigenvalue weighted by molar-refractivity contribution is -0.313. The van der Waals surface area contributed by atoms with Gasteiger partial charge < -0.3 is 58.9 Å². The Balaban J connectivity index is 2.31. The maximum atomic E-state index is 11.3. The smallest absolute Gasteiger partial charge is 0.394 e. The minimum absolute atomic E-state index is 0.473. The van der Waals surface area contributed by atoms with Crippen LogP contribution in [0.4, 0.5) is 0 Å². The van der Waals surface area contributed by atoms with Crippen molar-refractivity contribution in [2.24, 2.45) is 0 Å². The molecule has 2 aliphatic rings. The zero-order valence-corrected chi connectivity index (χ0v) is 18.5. The topological polar surface area (TPSA) is 289 Å². The lowest BCUT2D eigenvalue weighted by Gasteiger charge is -2.44. The quantitative estimate of drug-likeness (QED) is 0.121. The zero-order valence-electron chi connectivity index (χ0n) is 15.8. The maximum absolute atomic E-state index is 11.3. The van der Waals surface area contributed by atoms with Crippen LogP contribution in [-0.2, 0) is 41.5 Å². The number of phosphoric acid groups is 3. The van der Waals surface area contributed by atoms with E-state index in [0.717, 1.165) is 0 Å². The zero-order chi connectivity index (χ0) is 24.5. The third kappa shape index (κ3) is 8.09. The van der Waals surface area contributed by atoms with Gasteiger partial charge in [-0.1, -0.05) is 0 Å². The van der Waals surface area contributed by atoms with Crippen molar-refractivity contribution < 1.29 is 86.2 Å². The van der Waals surface area contributed by atoms with E-state index in [4.69, 9.17) is 43.6 Å². The summed E-state index contributed by atoms with van der Waals surface area (Å²) in [7, 11) is -15.8. The van der Waals surface area contributed by atoms with Gasteiger partial charge in [0, 0.05) is 0 Å². The van der Waals surface area contributed by atoms with E-state index in [9.17, 15) is 29.0 Å². The van der Waals surface area contributed by atoms with E-state index in [1.807, 2.05) is 0 Å². The van der Waals surface area contributed by atoms with Gasteiger partial charge in [0.2, 0.25) is 0 Å². The Kier molecular flexibility index (Phi) is 9.55. The highest BCUT2D eigenvalue weighted by molar-refractivity contribution is 7.46. The van der Waals surface area contributed by atoms with E-state index in [2.05, 4.69) is 13.6 Å². The summed E-state index contributed by atoms with van der Waals surface area (Å²) in [6, 6.07) is 0. The van der Waals surface area contributed by atoms with Crippen molar-refractivity contribution in [1.82, 2.24) is 0 Å². The van der Waals surface area contributed by atoms with Crippen LogP contribution >= 0.6 is 23.5 Å². The second kappa shape index (κ2) is 10.8. The molecule has 0 radical (unpaired) electrons. The van der Waals surface area contributed by atoms with Crippen LogP contribution in [0.1, 0.15) is 0 Å². The predicted octanol–water partition coefficient (Wildman–Crippen LogP) is -3.73. The van der Waals surface area contributed by atoms with Gasteiger partial charge >= 0.3 is 23.5 Å². The van der Waals surface area contributed by atoms with Gasteiger partial charge in [-0.05, 0) is 0 Å². The molecular weight excluding hydrogens is 513 g/mol. The molecule has 18 nitrogen and oxygen atoms in total. The number of ether oxygens (including phenoxy) is 3. The normalized spacial score (nSPS) is 37.0. The number of rotatable bonds is 10. The molecule has 0 amide bonds. The molecule has 0 bridgehead atoms. The van der Waals surface area contributed by atoms with E-state index in [-0.39, 0.29) is 0 Å². The van der Waals surface area contributed by atoms with Gasteiger partial charge in [-0.3, -0.25) is 13.6 Å². The first-order chi connectivity index (χ1) is 14.5. The molecule has 2 saturated heterocycles. The van der Waals surface area contributed by atoms with Gasteiger partial charge in [-0.25, -0.2) is 13.7 Å². The van der Waals surface area contributed by atoms with Crippen molar-refractivity contribution in [2.45, 2.75) is 49.0 Å². The number of phosphoric ester groups is 3. The second-order valence-electron chi connectivity index (χ2n) is 6.63. The van der Waals surface area contributed by atoms with Crippen LogP contribution < -0.4 is 0 Å². The summed E-state index contributed by atoms with van der Waals surface area (Å²) in [6.45, 7) is -2.28. The summed E-state index contributed by atoms with van der Waals surface area (Å²) >= 11 is 0. The van der Waals surface area contributed by atoms with Gasteiger partial charge in [0.25, 0.3) is 0 Å². The van der Waals surface area contributed by atoms with E-state index in [0.29, 0.717) is 0 Å². The molecule has 2 aliphatic heterocycles. The highest BCUT2D eigenvalue weighted by atomic mass is 31.2. The van der Waals surface area contributed by atoms with Crippen molar-refractivity contribution in [3.63, 3.8) is 0 Å². The van der Waals surface area contributed by atoms with Crippen LogP contribution in [0.2, 0.25) is 0 Å². The molecule has 0 aromatic carbocycles. The van der Waals surface area contributed by atoms with Crippen molar-refractivity contribution in [2.75, 3.05) is 19.8 Å². The Morgan fingerprint density at radius 2 is 1.25 bits per heavy atom. The van der Waals surface area contributed by atoms with Crippen LogP contribution in [0.3, 0.4) is 0 Å². The molecule has 8 atom stereocenters. The number of hydrogen-bond donors (Lipinski definition) is 9. The van der Waals surface area contributed by atoms with Crippen molar-refractivity contribution >= 4 is 23.5 Å². The Bertz CT molecular complexity index is 759. The van der Waals surface area contributed by atoms with Crippen LogP contribution in [0.25, 0.3) is 0 Å². The monoisotopic (exact) mass is 536 g/mol. The fourth-order valence-electron chi connectivity index (χ4n) is 3.12. The van der Waals surface area contributed by atoms with Crippen LogP contribution in [-0.4, -0.2) is 114 Å². The molecule has 9 N–H and O–H groups in total. The van der Waals surface area contributed by atoms with Crippen molar-refractivity contribution in [3.05, 3.63) is 0 Å². The summed E-state index contributed by atoms with van der Waals surface area (Å²) in [5.41, 5.74) is 0. The fourth-order valence-corrected chi connectivity index (χ4v) is 4.79. The van der Waals surface area contributed by atoms with Gasteiger partial charge in [0.1, 0.15) is 42.7 Å². The Morgan fingerprint density at radius 1 is 0.750 bits per heavy atom. The lowest BCUT2D eigenvalue weighted by Crippen LogP contribution is -2.61. The third-order valence-corrected chi connectivity index (χ3v) is 5.85.